The third kappa shape index (κ3) is 4.13. The summed E-state index contributed by atoms with van der Waals surface area (Å²) in [7, 11) is 0. The van der Waals surface area contributed by atoms with Crippen molar-refractivity contribution in [2.75, 3.05) is 0 Å². The molecule has 0 aliphatic carbocycles. The highest BCUT2D eigenvalue weighted by Crippen LogP contribution is 2.28. The first-order chi connectivity index (χ1) is 10.0. The second-order valence-electron chi connectivity index (χ2n) is 4.14. The van der Waals surface area contributed by atoms with Crippen LogP contribution in [0.25, 0.3) is 0 Å². The summed E-state index contributed by atoms with van der Waals surface area (Å²) in [5.74, 6) is 0.532. The molecular formula is C14H9I2NO4. The van der Waals surface area contributed by atoms with E-state index in [9.17, 15) is 14.9 Å². The minimum atomic E-state index is -0.447. The second kappa shape index (κ2) is 7.16. The van der Waals surface area contributed by atoms with Gasteiger partial charge in [-0.1, -0.05) is 0 Å². The maximum absolute atomic E-state index is 11.1. The van der Waals surface area contributed by atoms with Crippen molar-refractivity contribution < 1.29 is 14.5 Å². The number of halogens is 2. The number of non-ortho nitro benzene ring substituents is 1. The second-order valence-corrected chi connectivity index (χ2v) is 6.54. The molecular weight excluding hydrogens is 500 g/mol. The maximum atomic E-state index is 11.1. The van der Waals surface area contributed by atoms with Crippen LogP contribution in [-0.4, -0.2) is 11.2 Å². The molecule has 108 valence electrons. The Labute approximate surface area is 148 Å². The number of ether oxygens (including phenoxy) is 1. The fourth-order valence-electron chi connectivity index (χ4n) is 1.69. The Kier molecular flexibility index (Phi) is 5.51. The van der Waals surface area contributed by atoms with Crippen LogP contribution in [0.4, 0.5) is 5.69 Å². The van der Waals surface area contributed by atoms with Crippen molar-refractivity contribution in [3.05, 3.63) is 64.8 Å². The first-order valence-corrected chi connectivity index (χ1v) is 7.97. The molecule has 0 unspecified atom stereocenters. The van der Waals surface area contributed by atoms with E-state index in [0.717, 1.165) is 19.0 Å². The van der Waals surface area contributed by atoms with Crippen LogP contribution in [0, 0.1) is 17.3 Å². The largest absolute Gasteiger partial charge is 0.487 e. The van der Waals surface area contributed by atoms with Gasteiger partial charge >= 0.3 is 0 Å². The zero-order chi connectivity index (χ0) is 15.4. The van der Waals surface area contributed by atoms with Crippen LogP contribution in [0.15, 0.2) is 36.4 Å². The molecule has 0 aromatic heterocycles. The molecule has 0 N–H and O–H groups in total. The Balaban J connectivity index is 2.16. The zero-order valence-electron chi connectivity index (χ0n) is 10.6. The first kappa shape index (κ1) is 16.1. The van der Waals surface area contributed by atoms with Crippen LogP contribution >= 0.6 is 45.2 Å². The van der Waals surface area contributed by atoms with Gasteiger partial charge in [-0.05, 0) is 75.0 Å². The molecule has 2 aromatic rings. The van der Waals surface area contributed by atoms with Gasteiger partial charge in [0.1, 0.15) is 12.4 Å². The van der Waals surface area contributed by atoms with E-state index in [4.69, 9.17) is 4.74 Å². The summed E-state index contributed by atoms with van der Waals surface area (Å²) in [6.45, 7) is 0.245. The van der Waals surface area contributed by atoms with Crippen molar-refractivity contribution >= 4 is 57.2 Å². The molecule has 0 aliphatic heterocycles. The summed E-state index contributed by atoms with van der Waals surface area (Å²) in [6, 6.07) is 9.80. The number of rotatable bonds is 5. The standard InChI is InChI=1S/C14H9I2NO4/c15-11-5-10(7-18)14(13(16)6-11)21-8-9-1-3-12(4-2-9)17(19)20/h1-7H,8H2. The molecule has 0 amide bonds. The Morgan fingerprint density at radius 2 is 1.86 bits per heavy atom. The highest BCUT2D eigenvalue weighted by molar-refractivity contribution is 14.1. The number of hydrogen-bond donors (Lipinski definition) is 0. The highest BCUT2D eigenvalue weighted by Gasteiger charge is 2.10. The highest BCUT2D eigenvalue weighted by atomic mass is 127. The zero-order valence-corrected chi connectivity index (χ0v) is 14.9. The third-order valence-electron chi connectivity index (χ3n) is 2.69. The van der Waals surface area contributed by atoms with E-state index in [2.05, 4.69) is 45.2 Å². The summed E-state index contributed by atoms with van der Waals surface area (Å²) >= 11 is 4.25. The smallest absolute Gasteiger partial charge is 0.269 e. The van der Waals surface area contributed by atoms with E-state index in [1.165, 1.54) is 12.1 Å². The maximum Gasteiger partial charge on any atom is 0.269 e. The molecule has 0 fully saturated rings. The van der Waals surface area contributed by atoms with Gasteiger partial charge in [-0.3, -0.25) is 14.9 Å². The fourth-order valence-corrected chi connectivity index (χ4v) is 3.73. The molecule has 2 rings (SSSR count). The normalized spacial score (nSPS) is 10.2. The Morgan fingerprint density at radius 1 is 1.19 bits per heavy atom. The lowest BCUT2D eigenvalue weighted by Crippen LogP contribution is -2.01. The molecule has 0 aliphatic rings. The van der Waals surface area contributed by atoms with Gasteiger partial charge in [-0.2, -0.15) is 0 Å². The van der Waals surface area contributed by atoms with Gasteiger partial charge in [0.05, 0.1) is 14.1 Å². The Morgan fingerprint density at radius 3 is 2.43 bits per heavy atom. The summed E-state index contributed by atoms with van der Waals surface area (Å²) < 4.78 is 7.50. The summed E-state index contributed by atoms with van der Waals surface area (Å²) in [5, 5.41) is 10.6. The van der Waals surface area contributed by atoms with E-state index < -0.39 is 4.92 Å². The quantitative estimate of drug-likeness (QED) is 0.263. The third-order valence-corrected chi connectivity index (χ3v) is 4.12. The molecule has 0 bridgehead atoms. The van der Waals surface area contributed by atoms with Crippen LogP contribution in [0.5, 0.6) is 5.75 Å². The van der Waals surface area contributed by atoms with Gasteiger partial charge < -0.3 is 4.74 Å². The number of hydrogen-bond acceptors (Lipinski definition) is 4. The number of nitro groups is 1. The Bertz CT molecular complexity index is 686. The average molecular weight is 509 g/mol. The average Bonchev–Trinajstić information content (AvgIpc) is 2.46. The predicted octanol–water partition coefficient (Wildman–Crippen LogP) is 4.20. The van der Waals surface area contributed by atoms with Crippen molar-refractivity contribution in [2.24, 2.45) is 0 Å². The molecule has 0 heterocycles. The number of carbonyl (C=O) groups excluding carboxylic acids is 1. The van der Waals surface area contributed by atoms with E-state index in [1.54, 1.807) is 18.2 Å². The molecule has 5 nitrogen and oxygen atoms in total. The van der Waals surface area contributed by atoms with E-state index in [0.29, 0.717) is 11.3 Å². The van der Waals surface area contributed by atoms with Crippen molar-refractivity contribution in [3.63, 3.8) is 0 Å². The topological polar surface area (TPSA) is 69.4 Å². The van der Waals surface area contributed by atoms with E-state index >= 15 is 0 Å². The monoisotopic (exact) mass is 509 g/mol. The SMILES string of the molecule is O=Cc1cc(I)cc(I)c1OCc1ccc([N+](=O)[O-])cc1. The molecule has 2 aromatic carbocycles. The van der Waals surface area contributed by atoms with Crippen LogP contribution in [-0.2, 0) is 6.61 Å². The molecule has 0 spiro atoms. The van der Waals surface area contributed by atoms with Crippen molar-refractivity contribution in [3.8, 4) is 5.75 Å². The number of nitrogens with zero attached hydrogens (tertiary/aromatic N) is 1. The van der Waals surface area contributed by atoms with Crippen molar-refractivity contribution in [1.29, 1.82) is 0 Å². The van der Waals surface area contributed by atoms with Crippen LogP contribution in [0.1, 0.15) is 15.9 Å². The lowest BCUT2D eigenvalue weighted by Gasteiger charge is -2.11. The van der Waals surface area contributed by atoms with Gasteiger partial charge in [0, 0.05) is 15.7 Å². The minimum Gasteiger partial charge on any atom is -0.487 e. The predicted molar refractivity (Wildman–Crippen MR) is 94.7 cm³/mol. The van der Waals surface area contributed by atoms with Crippen molar-refractivity contribution in [1.82, 2.24) is 0 Å². The molecule has 0 saturated carbocycles. The molecule has 0 atom stereocenters. The lowest BCUT2D eigenvalue weighted by molar-refractivity contribution is -0.384. The van der Waals surface area contributed by atoms with E-state index in [1.807, 2.05) is 6.07 Å². The van der Waals surface area contributed by atoms with Gasteiger partial charge in [-0.15, -0.1) is 0 Å². The first-order valence-electron chi connectivity index (χ1n) is 5.81. The molecule has 7 heteroatoms. The van der Waals surface area contributed by atoms with Gasteiger partial charge in [-0.25, -0.2) is 0 Å². The fraction of sp³-hybridized carbons (Fsp3) is 0.0714. The number of benzene rings is 2. The summed E-state index contributed by atoms with van der Waals surface area (Å²) in [5.41, 5.74) is 1.33. The van der Waals surface area contributed by atoms with Crippen LogP contribution in [0.2, 0.25) is 0 Å². The van der Waals surface area contributed by atoms with Gasteiger partial charge in [0.2, 0.25) is 0 Å². The van der Waals surface area contributed by atoms with Gasteiger partial charge in [0.15, 0.2) is 6.29 Å². The van der Waals surface area contributed by atoms with Crippen molar-refractivity contribution in [2.45, 2.75) is 6.61 Å². The minimum absolute atomic E-state index is 0.0381. The van der Waals surface area contributed by atoms with Crippen LogP contribution < -0.4 is 4.74 Å². The molecule has 21 heavy (non-hydrogen) atoms. The Hall–Kier alpha value is -1.23. The summed E-state index contributed by atoms with van der Waals surface area (Å²) in [4.78, 5) is 21.2. The lowest BCUT2D eigenvalue weighted by atomic mass is 10.2. The van der Waals surface area contributed by atoms with E-state index in [-0.39, 0.29) is 12.3 Å². The molecule has 0 saturated heterocycles. The molecule has 0 radical (unpaired) electrons. The van der Waals surface area contributed by atoms with Gasteiger partial charge in [0.25, 0.3) is 5.69 Å². The number of nitro benzene ring substituents is 1. The summed E-state index contributed by atoms with van der Waals surface area (Å²) in [6.07, 6.45) is 0.759. The number of aldehydes is 1. The van der Waals surface area contributed by atoms with Crippen LogP contribution in [0.3, 0.4) is 0 Å². The number of carbonyl (C=O) groups is 1.